The van der Waals surface area contributed by atoms with E-state index in [1.807, 2.05) is 7.05 Å². The Morgan fingerprint density at radius 3 is 2.61 bits per heavy atom. The lowest BCUT2D eigenvalue weighted by Crippen LogP contribution is -2.39. The Morgan fingerprint density at radius 2 is 2.06 bits per heavy atom. The van der Waals surface area contributed by atoms with Gasteiger partial charge in [-0.1, -0.05) is 28.1 Å². The molecule has 2 rings (SSSR count). The van der Waals surface area contributed by atoms with Crippen LogP contribution in [0.15, 0.2) is 33.7 Å². The molecule has 0 bridgehead atoms. The zero-order valence-electron chi connectivity index (χ0n) is 11.0. The molecule has 1 aromatic carbocycles. The van der Waals surface area contributed by atoms with Crippen molar-refractivity contribution in [1.82, 2.24) is 10.2 Å². The lowest BCUT2D eigenvalue weighted by atomic mass is 10.2. The van der Waals surface area contributed by atoms with Crippen LogP contribution in [0.25, 0.3) is 0 Å². The minimum atomic E-state index is 0.864. The van der Waals surface area contributed by atoms with Crippen LogP contribution in [0.3, 0.4) is 0 Å². The number of hydrogen-bond acceptors (Lipinski definition) is 1. The van der Waals surface area contributed by atoms with Crippen LogP contribution < -0.4 is 5.32 Å². The average Bonchev–Trinajstić information content (AvgIpc) is 3.17. The fourth-order valence-electron chi connectivity index (χ4n) is 1.88. The van der Waals surface area contributed by atoms with Crippen molar-refractivity contribution in [3.05, 3.63) is 34.3 Å². The van der Waals surface area contributed by atoms with Gasteiger partial charge in [0.2, 0.25) is 0 Å². The van der Waals surface area contributed by atoms with Gasteiger partial charge in [-0.05, 0) is 36.5 Å². The first-order valence-corrected chi connectivity index (χ1v) is 7.14. The van der Waals surface area contributed by atoms with Crippen molar-refractivity contribution in [3.63, 3.8) is 0 Å². The molecule has 1 fully saturated rings. The van der Waals surface area contributed by atoms with E-state index in [9.17, 15) is 0 Å². The summed E-state index contributed by atoms with van der Waals surface area (Å²) in [5.74, 6) is 1.84. The van der Waals surface area contributed by atoms with Crippen LogP contribution in [0.2, 0.25) is 0 Å². The molecule has 0 heterocycles. The molecule has 0 saturated heterocycles. The Hall–Kier alpha value is -1.03. The van der Waals surface area contributed by atoms with Gasteiger partial charge in [-0.3, -0.25) is 4.99 Å². The lowest BCUT2D eigenvalue weighted by molar-refractivity contribution is 0.474. The van der Waals surface area contributed by atoms with Crippen LogP contribution in [0.4, 0.5) is 0 Å². The predicted octanol–water partition coefficient (Wildman–Crippen LogP) is 2.87. The smallest absolute Gasteiger partial charge is 0.193 e. The molecule has 0 aliphatic heterocycles. The summed E-state index contributed by atoms with van der Waals surface area (Å²) in [6.45, 7) is 1.93. The van der Waals surface area contributed by atoms with E-state index in [4.69, 9.17) is 0 Å². The van der Waals surface area contributed by atoms with Crippen molar-refractivity contribution in [1.29, 1.82) is 0 Å². The molecule has 1 N–H and O–H groups in total. The Balaban J connectivity index is 1.87. The van der Waals surface area contributed by atoms with E-state index in [-0.39, 0.29) is 0 Å². The first-order valence-electron chi connectivity index (χ1n) is 6.35. The van der Waals surface area contributed by atoms with Gasteiger partial charge in [0.05, 0.1) is 0 Å². The monoisotopic (exact) mass is 309 g/mol. The van der Waals surface area contributed by atoms with Gasteiger partial charge in [0.15, 0.2) is 5.96 Å². The summed E-state index contributed by atoms with van der Waals surface area (Å²) < 4.78 is 1.12. The highest BCUT2D eigenvalue weighted by atomic mass is 79.9. The molecule has 98 valence electrons. The summed E-state index contributed by atoms with van der Waals surface area (Å²) in [5.41, 5.74) is 1.29. The zero-order valence-corrected chi connectivity index (χ0v) is 12.6. The van der Waals surface area contributed by atoms with Gasteiger partial charge < -0.3 is 10.2 Å². The van der Waals surface area contributed by atoms with Gasteiger partial charge in [0, 0.05) is 31.7 Å². The topological polar surface area (TPSA) is 27.6 Å². The molecule has 4 heteroatoms. The zero-order chi connectivity index (χ0) is 13.0. The van der Waals surface area contributed by atoms with E-state index in [1.165, 1.54) is 18.4 Å². The molecule has 18 heavy (non-hydrogen) atoms. The van der Waals surface area contributed by atoms with Gasteiger partial charge in [-0.2, -0.15) is 0 Å². The second kappa shape index (κ2) is 6.23. The molecule has 0 amide bonds. The number of nitrogens with one attached hydrogen (secondary N) is 1. The highest BCUT2D eigenvalue weighted by Crippen LogP contribution is 2.27. The third-order valence-electron chi connectivity index (χ3n) is 3.15. The lowest BCUT2D eigenvalue weighted by Gasteiger charge is -2.22. The Bertz CT molecular complexity index is 410. The molecule has 1 aliphatic rings. The highest BCUT2D eigenvalue weighted by Gasteiger charge is 2.21. The second-order valence-electron chi connectivity index (χ2n) is 4.85. The molecule has 0 unspecified atom stereocenters. The number of rotatable bonds is 4. The van der Waals surface area contributed by atoms with Crippen LogP contribution in [0, 0.1) is 5.92 Å². The van der Waals surface area contributed by atoms with E-state index < -0.39 is 0 Å². The number of aliphatic imine (C=N–C) groups is 1. The van der Waals surface area contributed by atoms with Gasteiger partial charge in [-0.15, -0.1) is 0 Å². The van der Waals surface area contributed by atoms with E-state index >= 15 is 0 Å². The van der Waals surface area contributed by atoms with Crippen molar-refractivity contribution < 1.29 is 0 Å². The molecular formula is C14H20BrN3. The number of hydrogen-bond donors (Lipinski definition) is 1. The summed E-state index contributed by atoms with van der Waals surface area (Å²) >= 11 is 3.45. The van der Waals surface area contributed by atoms with Crippen LogP contribution in [-0.4, -0.2) is 31.5 Å². The van der Waals surface area contributed by atoms with Crippen molar-refractivity contribution >= 4 is 21.9 Å². The van der Waals surface area contributed by atoms with Gasteiger partial charge >= 0.3 is 0 Å². The van der Waals surface area contributed by atoms with Crippen LogP contribution in [-0.2, 0) is 6.54 Å². The summed E-state index contributed by atoms with van der Waals surface area (Å²) in [6, 6.07) is 8.41. The number of guanidine groups is 1. The quantitative estimate of drug-likeness (QED) is 0.684. The molecule has 3 nitrogen and oxygen atoms in total. The maximum atomic E-state index is 4.32. The Labute approximate surface area is 117 Å². The van der Waals surface area contributed by atoms with E-state index in [2.05, 4.69) is 62.5 Å². The van der Waals surface area contributed by atoms with Crippen LogP contribution in [0.1, 0.15) is 18.4 Å². The largest absolute Gasteiger partial charge is 0.356 e. The van der Waals surface area contributed by atoms with Crippen LogP contribution in [0.5, 0.6) is 0 Å². The van der Waals surface area contributed by atoms with E-state index in [0.717, 1.165) is 29.4 Å². The molecular weight excluding hydrogens is 290 g/mol. The molecule has 0 atom stereocenters. The maximum absolute atomic E-state index is 4.32. The summed E-state index contributed by atoms with van der Waals surface area (Å²) in [5, 5.41) is 3.43. The third-order valence-corrected chi connectivity index (χ3v) is 3.68. The van der Waals surface area contributed by atoms with Crippen molar-refractivity contribution in [2.45, 2.75) is 19.4 Å². The summed E-state index contributed by atoms with van der Waals surface area (Å²) in [6.07, 6.45) is 2.72. The predicted molar refractivity (Wildman–Crippen MR) is 79.7 cm³/mol. The second-order valence-corrected chi connectivity index (χ2v) is 5.77. The standard InChI is InChI=1S/C14H20BrN3/c1-16-14(17-9-11-3-4-11)18(2)10-12-5-7-13(15)8-6-12/h5-8,11H,3-4,9-10H2,1-2H3,(H,16,17). The van der Waals surface area contributed by atoms with Crippen molar-refractivity contribution in [2.75, 3.05) is 20.6 Å². The Morgan fingerprint density at radius 1 is 1.39 bits per heavy atom. The molecule has 1 aromatic rings. The van der Waals surface area contributed by atoms with Crippen molar-refractivity contribution in [2.24, 2.45) is 10.9 Å². The first-order chi connectivity index (χ1) is 8.69. The molecule has 0 radical (unpaired) electrons. The fourth-order valence-corrected chi connectivity index (χ4v) is 2.15. The van der Waals surface area contributed by atoms with Gasteiger partial charge in [0.25, 0.3) is 0 Å². The van der Waals surface area contributed by atoms with Gasteiger partial charge in [0.1, 0.15) is 0 Å². The minimum absolute atomic E-state index is 0.864. The van der Waals surface area contributed by atoms with Gasteiger partial charge in [-0.25, -0.2) is 0 Å². The fraction of sp³-hybridized carbons (Fsp3) is 0.500. The maximum Gasteiger partial charge on any atom is 0.193 e. The molecule has 0 aromatic heterocycles. The number of benzene rings is 1. The molecule has 1 aliphatic carbocycles. The average molecular weight is 310 g/mol. The molecule has 1 saturated carbocycles. The summed E-state index contributed by atoms with van der Waals surface area (Å²) in [7, 11) is 3.91. The first kappa shape index (κ1) is 13.4. The normalized spacial score (nSPS) is 15.6. The number of nitrogens with zero attached hydrogens (tertiary/aromatic N) is 2. The van der Waals surface area contributed by atoms with Crippen LogP contribution >= 0.6 is 15.9 Å². The van der Waals surface area contributed by atoms with E-state index in [0.29, 0.717) is 0 Å². The summed E-state index contributed by atoms with van der Waals surface area (Å²) in [4.78, 5) is 6.48. The SMILES string of the molecule is CN=C(NCC1CC1)N(C)Cc1ccc(Br)cc1. The third kappa shape index (κ3) is 4.02. The molecule has 0 spiro atoms. The van der Waals surface area contributed by atoms with E-state index in [1.54, 1.807) is 0 Å². The van der Waals surface area contributed by atoms with Crippen molar-refractivity contribution in [3.8, 4) is 0 Å². The minimum Gasteiger partial charge on any atom is -0.356 e. The number of halogens is 1. The highest BCUT2D eigenvalue weighted by molar-refractivity contribution is 9.10. The Kier molecular flexibility index (Phi) is 4.64.